The van der Waals surface area contributed by atoms with Crippen molar-refractivity contribution in [2.24, 2.45) is 14.1 Å². The number of halogens is 1. The Morgan fingerprint density at radius 1 is 0.771 bits per heavy atom. The number of carbonyl (C=O) groups is 3. The molecule has 0 unspecified atom stereocenters. The largest absolute Gasteiger partial charge is 0.493 e. The number of H-pyrrole nitrogens is 1. The predicted molar refractivity (Wildman–Crippen MR) is 316 cm³/mol. The second-order valence-electron chi connectivity index (χ2n) is 21.4. The van der Waals surface area contributed by atoms with Gasteiger partial charge in [0.2, 0.25) is 5.91 Å². The van der Waals surface area contributed by atoms with E-state index in [4.69, 9.17) is 14.5 Å². The smallest absolute Gasteiger partial charge is 0.328 e. The van der Waals surface area contributed by atoms with E-state index in [1.165, 1.54) is 33.4 Å². The molecule has 83 heavy (non-hydrogen) atoms. The van der Waals surface area contributed by atoms with Gasteiger partial charge in [-0.3, -0.25) is 37.7 Å². The highest BCUT2D eigenvalue weighted by Gasteiger charge is 2.29. The van der Waals surface area contributed by atoms with Crippen LogP contribution in [0, 0.1) is 5.82 Å². The number of aryl methyl sites for hydroxylation is 2. The summed E-state index contributed by atoms with van der Waals surface area (Å²) in [6.07, 6.45) is 20.6. The molecule has 2 fully saturated rings. The van der Waals surface area contributed by atoms with Crippen molar-refractivity contribution in [3.05, 3.63) is 137 Å². The number of ether oxygens (including phenoxy) is 2. The highest BCUT2D eigenvalue weighted by molar-refractivity contribution is 7.92. The number of sulfonamides is 1. The molecule has 20 nitrogen and oxygen atoms in total. The Hall–Kier alpha value is -8.53. The number of amides is 3. The Labute approximate surface area is 481 Å². The average molecular weight is 1150 g/mol. The molecule has 1 saturated carbocycles. The lowest BCUT2D eigenvalue weighted by Gasteiger charge is -2.35. The first-order chi connectivity index (χ1) is 40.2. The Bertz CT molecular complexity index is 3790. The number of anilines is 3. The van der Waals surface area contributed by atoms with Crippen LogP contribution in [-0.2, 0) is 28.9 Å². The van der Waals surface area contributed by atoms with Crippen LogP contribution < -0.4 is 30.5 Å². The summed E-state index contributed by atoms with van der Waals surface area (Å²) in [7, 11) is -0.997. The topological polar surface area (TPSA) is 232 Å². The summed E-state index contributed by atoms with van der Waals surface area (Å²) in [5, 5.41) is 13.0. The van der Waals surface area contributed by atoms with Crippen molar-refractivity contribution < 1.29 is 36.7 Å². The third-order valence-corrected chi connectivity index (χ3v) is 16.7. The van der Waals surface area contributed by atoms with Crippen molar-refractivity contribution in [2.75, 3.05) is 49.4 Å². The molecular formula is C61H71FN12O8S. The molecular weight excluding hydrogens is 1080 g/mol. The predicted octanol–water partition coefficient (Wildman–Crippen LogP) is 10.5. The van der Waals surface area contributed by atoms with E-state index in [1.54, 1.807) is 92.2 Å². The zero-order valence-electron chi connectivity index (χ0n) is 47.2. The third kappa shape index (κ3) is 13.9. The van der Waals surface area contributed by atoms with Crippen LogP contribution in [0.25, 0.3) is 27.9 Å². The summed E-state index contributed by atoms with van der Waals surface area (Å²) < 4.78 is 63.0. The lowest BCUT2D eigenvalue weighted by molar-refractivity contribution is -0.132. The fraction of sp³-hybridized carbons (Fsp3) is 0.393. The maximum atomic E-state index is 15.7. The molecule has 2 aliphatic rings. The Morgan fingerprint density at radius 3 is 2.18 bits per heavy atom. The first-order valence-electron chi connectivity index (χ1n) is 28.8. The zero-order chi connectivity index (χ0) is 58.0. The van der Waals surface area contributed by atoms with Crippen molar-refractivity contribution in [3.8, 4) is 28.5 Å². The lowest BCUT2D eigenvalue weighted by Crippen LogP contribution is -2.50. The number of piperazine rings is 1. The lowest BCUT2D eigenvalue weighted by atomic mass is 10.1. The molecule has 4 aromatic heterocycles. The minimum absolute atomic E-state index is 0.0952. The maximum absolute atomic E-state index is 15.7. The van der Waals surface area contributed by atoms with Gasteiger partial charge in [-0.25, -0.2) is 27.6 Å². The highest BCUT2D eigenvalue weighted by Crippen LogP contribution is 2.41. The minimum atomic E-state index is -4.24. The molecule has 1 aliphatic carbocycles. The molecule has 0 radical (unpaired) electrons. The van der Waals surface area contributed by atoms with Gasteiger partial charge in [-0.15, -0.1) is 0 Å². The number of carbonyl (C=O) groups excluding carboxylic acids is 3. The third-order valence-electron chi connectivity index (χ3n) is 15.3. The average Bonchev–Trinajstić information content (AvgIpc) is 3.55. The van der Waals surface area contributed by atoms with Gasteiger partial charge < -0.3 is 29.9 Å². The molecule has 3 amide bonds. The van der Waals surface area contributed by atoms with Crippen molar-refractivity contribution in [3.63, 3.8) is 0 Å². The molecule has 0 spiro atoms. The van der Waals surface area contributed by atoms with Crippen molar-refractivity contribution in [2.45, 2.75) is 108 Å². The van der Waals surface area contributed by atoms with Gasteiger partial charge in [0, 0.05) is 100 Å². The van der Waals surface area contributed by atoms with Gasteiger partial charge in [0.1, 0.15) is 17.3 Å². The van der Waals surface area contributed by atoms with Crippen LogP contribution in [0.3, 0.4) is 0 Å². The van der Waals surface area contributed by atoms with E-state index in [0.29, 0.717) is 85.7 Å². The number of nitrogens with zero attached hydrogens (tertiary/aromatic N) is 8. The van der Waals surface area contributed by atoms with Crippen molar-refractivity contribution in [1.82, 2.24) is 48.8 Å². The summed E-state index contributed by atoms with van der Waals surface area (Å²) in [5.41, 5.74) is 4.65. The van der Waals surface area contributed by atoms with Crippen LogP contribution in [0.4, 0.5) is 21.6 Å². The summed E-state index contributed by atoms with van der Waals surface area (Å²) in [4.78, 5) is 65.4. The van der Waals surface area contributed by atoms with E-state index < -0.39 is 15.8 Å². The Kier molecular flexibility index (Phi) is 18.2. The second kappa shape index (κ2) is 26.2. The monoisotopic (exact) mass is 1150 g/mol. The van der Waals surface area contributed by atoms with Gasteiger partial charge in [0.05, 0.1) is 57.7 Å². The standard InChI is InChI=1S/C61H71FN12O8S/c1-4-31-81-45-18-16-19-46(34-45)82-55-36-53-52(70(2)61(78)71(53)3)35-50(55)69-83(79,80)47-20-15-17-42(32-47)59(76)63-26-14-12-10-8-6-5-7-9-11-13-21-56(75)72-27-29-73(30-28-72)60(77)43-24-25-49(48(62)33-43)67-57-58-64-39-54(44-37-65-66-38-44)74(58)40-51(68-57)41-22-23-41/h15-20,24-25,32-41,69H,4-14,21-23,26-31H2,1-3H3,(H,63,76)(H,65,66)(H,67,68). The quantitative estimate of drug-likeness (QED) is 0.0352. The first-order valence-corrected chi connectivity index (χ1v) is 30.2. The molecule has 0 bridgehead atoms. The van der Waals surface area contributed by atoms with E-state index in [1.807, 2.05) is 22.4 Å². The number of hydrogen-bond acceptors (Lipinski definition) is 12. The maximum Gasteiger partial charge on any atom is 0.328 e. The first kappa shape index (κ1) is 57.7. The van der Waals surface area contributed by atoms with Gasteiger partial charge in [-0.05, 0) is 86.7 Å². The van der Waals surface area contributed by atoms with Crippen LogP contribution in [-0.4, -0.2) is 109 Å². The van der Waals surface area contributed by atoms with Crippen LogP contribution >= 0.6 is 0 Å². The number of nitrogens with one attached hydrogen (secondary N) is 4. The molecule has 22 heteroatoms. The fourth-order valence-electron chi connectivity index (χ4n) is 10.4. The number of hydrogen-bond donors (Lipinski definition) is 4. The number of aromatic amines is 1. The molecule has 5 heterocycles. The van der Waals surface area contributed by atoms with E-state index in [9.17, 15) is 27.6 Å². The van der Waals surface area contributed by atoms with E-state index >= 15 is 4.39 Å². The van der Waals surface area contributed by atoms with Crippen LogP contribution in [0.15, 0.2) is 113 Å². The van der Waals surface area contributed by atoms with Crippen LogP contribution in [0.1, 0.15) is 129 Å². The van der Waals surface area contributed by atoms with Gasteiger partial charge in [-0.1, -0.05) is 70.4 Å². The van der Waals surface area contributed by atoms with Gasteiger partial charge in [-0.2, -0.15) is 5.10 Å². The molecule has 4 aromatic carbocycles. The summed E-state index contributed by atoms with van der Waals surface area (Å²) in [5.74, 6) is 0.815. The molecule has 4 N–H and O–H groups in total. The normalized spacial score (nSPS) is 13.6. The number of benzene rings is 4. The molecule has 436 valence electrons. The number of aromatic nitrogens is 7. The Balaban J connectivity index is 0.593. The Morgan fingerprint density at radius 2 is 1.47 bits per heavy atom. The second-order valence-corrected chi connectivity index (χ2v) is 23.1. The minimum Gasteiger partial charge on any atom is -0.493 e. The summed E-state index contributed by atoms with van der Waals surface area (Å²) in [6.45, 7) is 4.61. The number of fused-ring (bicyclic) bond motifs is 2. The van der Waals surface area contributed by atoms with Gasteiger partial charge >= 0.3 is 5.69 Å². The molecule has 0 atom stereocenters. The molecule has 8 aromatic rings. The van der Waals surface area contributed by atoms with E-state index in [2.05, 4.69) is 30.5 Å². The van der Waals surface area contributed by atoms with Gasteiger partial charge in [0.15, 0.2) is 17.2 Å². The summed E-state index contributed by atoms with van der Waals surface area (Å²) >= 11 is 0. The molecule has 1 aliphatic heterocycles. The van der Waals surface area contributed by atoms with Crippen molar-refractivity contribution >= 4 is 61.6 Å². The highest BCUT2D eigenvalue weighted by atomic mass is 32.2. The van der Waals surface area contributed by atoms with Crippen LogP contribution in [0.5, 0.6) is 17.2 Å². The molecule has 10 rings (SSSR count). The summed E-state index contributed by atoms with van der Waals surface area (Å²) in [6, 6.07) is 20.5. The molecule has 1 saturated heterocycles. The fourth-order valence-corrected chi connectivity index (χ4v) is 11.5. The zero-order valence-corrected chi connectivity index (χ0v) is 48.0. The number of unbranched alkanes of at least 4 members (excludes halogenated alkanes) is 9. The number of imidazole rings is 2. The van der Waals surface area contributed by atoms with Crippen LogP contribution in [0.2, 0.25) is 0 Å². The SMILES string of the molecule is CCCOc1cccc(Oc2cc3c(cc2NS(=O)(=O)c2cccc(C(=O)NCCCCCCCCCCCCC(=O)N4CCN(C(=O)c5ccc(Nc6nc(C7CC7)cn7c(-c8cn[nH]c8)cnc67)c(F)c5)CC4)c2)n(C)c(=O)n3C)c1. The van der Waals surface area contributed by atoms with E-state index in [0.717, 1.165) is 100 Å². The van der Waals surface area contributed by atoms with Crippen molar-refractivity contribution in [1.29, 1.82) is 0 Å². The number of rotatable bonds is 27. The van der Waals surface area contributed by atoms with Gasteiger partial charge in [0.25, 0.3) is 21.8 Å². The van der Waals surface area contributed by atoms with E-state index in [-0.39, 0.29) is 56.6 Å².